The molecular weight excluding hydrogens is 459 g/mol. The van der Waals surface area contributed by atoms with E-state index in [0.29, 0.717) is 6.42 Å². The predicted molar refractivity (Wildman–Crippen MR) is 117 cm³/mol. The van der Waals surface area contributed by atoms with Crippen molar-refractivity contribution in [2.45, 2.75) is 38.1 Å². The van der Waals surface area contributed by atoms with Crippen LogP contribution in [-0.4, -0.2) is 65.9 Å². The van der Waals surface area contributed by atoms with Gasteiger partial charge in [-0.05, 0) is 18.6 Å². The van der Waals surface area contributed by atoms with Gasteiger partial charge in [0.05, 0.1) is 16.8 Å². The molecule has 3 N–H and O–H groups in total. The molecule has 0 spiro atoms. The van der Waals surface area contributed by atoms with Crippen molar-refractivity contribution in [3.63, 3.8) is 0 Å². The molecule has 9 nitrogen and oxygen atoms in total. The lowest BCUT2D eigenvalue weighted by atomic mass is 9.99. The quantitative estimate of drug-likeness (QED) is 0.334. The molecule has 1 aromatic rings. The highest BCUT2D eigenvalue weighted by Crippen LogP contribution is 2.38. The van der Waals surface area contributed by atoms with Crippen LogP contribution in [-0.2, 0) is 25.5 Å². The second kappa shape index (κ2) is 11.2. The molecular formula is C22H24ClFN2O7. The number of esters is 1. The predicted octanol–water partition coefficient (Wildman–Crippen LogP) is 2.58. The number of nitrogens with one attached hydrogen (secondary N) is 1. The van der Waals surface area contributed by atoms with E-state index < -0.39 is 42.8 Å². The number of fused-ring (bicyclic) bond motifs is 2. The molecule has 1 saturated heterocycles. The van der Waals surface area contributed by atoms with Crippen molar-refractivity contribution in [3.05, 3.63) is 46.5 Å². The molecule has 3 rings (SSSR count). The van der Waals surface area contributed by atoms with Crippen molar-refractivity contribution in [2.24, 2.45) is 5.16 Å². The summed E-state index contributed by atoms with van der Waals surface area (Å²) in [7, 11) is 0. The maximum atomic E-state index is 12.9. The Morgan fingerprint density at radius 2 is 2.15 bits per heavy atom. The smallest absolute Gasteiger partial charge is 0.342 e. The third kappa shape index (κ3) is 6.69. The molecule has 1 aromatic carbocycles. The highest BCUT2D eigenvalue weighted by Gasteiger charge is 2.38. The number of rotatable bonds is 5. The summed E-state index contributed by atoms with van der Waals surface area (Å²) in [6.45, 7) is 0.392. The Kier molecular flexibility index (Phi) is 8.29. The number of ether oxygens (including phenoxy) is 2. The Bertz CT molecular complexity index is 995. The van der Waals surface area contributed by atoms with Crippen LogP contribution in [0.3, 0.4) is 0 Å². The van der Waals surface area contributed by atoms with Gasteiger partial charge in [0.15, 0.2) is 6.61 Å². The van der Waals surface area contributed by atoms with E-state index in [1.165, 1.54) is 0 Å². The Hall–Kier alpha value is -3.11. The molecule has 0 saturated carbocycles. The van der Waals surface area contributed by atoms with Crippen molar-refractivity contribution >= 4 is 29.2 Å². The first-order chi connectivity index (χ1) is 15.8. The van der Waals surface area contributed by atoms with Crippen LogP contribution in [0.15, 0.2) is 35.5 Å². The average Bonchev–Trinajstić information content (AvgIpc) is 3.49. The highest BCUT2D eigenvalue weighted by molar-refractivity contribution is 6.33. The molecule has 0 aromatic heterocycles. The van der Waals surface area contributed by atoms with Crippen LogP contribution in [0.25, 0.3) is 0 Å². The molecule has 2 heterocycles. The minimum absolute atomic E-state index is 0.0711. The second-order valence-electron chi connectivity index (χ2n) is 7.49. The average molecular weight is 483 g/mol. The summed E-state index contributed by atoms with van der Waals surface area (Å²) >= 11 is 6.25. The number of hydrogen-bond acceptors (Lipinski definition) is 8. The molecule has 1 amide bonds. The summed E-state index contributed by atoms with van der Waals surface area (Å²) in [5, 5.41) is 26.5. The molecule has 1 fully saturated rings. The molecule has 33 heavy (non-hydrogen) atoms. The summed E-state index contributed by atoms with van der Waals surface area (Å²) < 4.78 is 23.2. The van der Waals surface area contributed by atoms with Crippen molar-refractivity contribution in [1.82, 2.24) is 5.32 Å². The number of oxime groups is 1. The molecule has 0 radical (unpaired) electrons. The van der Waals surface area contributed by atoms with Crippen LogP contribution in [0.4, 0.5) is 4.39 Å². The van der Waals surface area contributed by atoms with E-state index >= 15 is 0 Å². The lowest BCUT2D eigenvalue weighted by Gasteiger charge is -2.17. The van der Waals surface area contributed by atoms with E-state index in [1.807, 2.05) is 6.08 Å². The van der Waals surface area contributed by atoms with E-state index in [9.17, 15) is 24.2 Å². The summed E-state index contributed by atoms with van der Waals surface area (Å²) in [5.74, 6) is -2.33. The Labute approximate surface area is 194 Å². The second-order valence-corrected chi connectivity index (χ2v) is 7.87. The summed E-state index contributed by atoms with van der Waals surface area (Å²) in [5.41, 5.74) is 0.0754. The summed E-state index contributed by atoms with van der Waals surface area (Å²) in [6, 6.07) is 0.956. The van der Waals surface area contributed by atoms with Crippen LogP contribution in [0, 0.1) is 0 Å². The number of amides is 1. The minimum atomic E-state index is -0.823. The van der Waals surface area contributed by atoms with Crippen LogP contribution in [0.1, 0.15) is 29.3 Å². The number of halogens is 2. The lowest BCUT2D eigenvalue weighted by molar-refractivity contribution is -0.125. The third-order valence-electron chi connectivity index (χ3n) is 4.87. The molecule has 11 heteroatoms. The number of nitrogens with zero attached hydrogens (tertiary/aromatic N) is 1. The van der Waals surface area contributed by atoms with Crippen LogP contribution in [0.2, 0.25) is 5.02 Å². The zero-order valence-electron chi connectivity index (χ0n) is 17.8. The van der Waals surface area contributed by atoms with Gasteiger partial charge in [-0.3, -0.25) is 4.79 Å². The van der Waals surface area contributed by atoms with Crippen molar-refractivity contribution in [3.8, 4) is 11.5 Å². The number of phenols is 2. The largest absolute Gasteiger partial charge is 0.507 e. The number of carbonyl (C=O) groups excluding carboxylic acids is 2. The van der Waals surface area contributed by atoms with Gasteiger partial charge in [-0.1, -0.05) is 35.0 Å². The van der Waals surface area contributed by atoms with Gasteiger partial charge in [0.2, 0.25) is 0 Å². The fraction of sp³-hybridized carbons (Fsp3) is 0.409. The zero-order chi connectivity index (χ0) is 24.0. The molecule has 178 valence electrons. The number of alkyl halides is 1. The zero-order valence-corrected chi connectivity index (χ0v) is 18.5. The molecule has 3 atom stereocenters. The number of epoxide rings is 1. The monoisotopic (exact) mass is 482 g/mol. The third-order valence-corrected chi connectivity index (χ3v) is 5.29. The highest BCUT2D eigenvalue weighted by atomic mass is 35.5. The first kappa shape index (κ1) is 24.5. The summed E-state index contributed by atoms with van der Waals surface area (Å²) in [6.07, 6.45) is 6.41. The van der Waals surface area contributed by atoms with Gasteiger partial charge < -0.3 is 29.8 Å². The van der Waals surface area contributed by atoms with Crippen molar-refractivity contribution in [2.75, 3.05) is 19.8 Å². The van der Waals surface area contributed by atoms with Gasteiger partial charge in [-0.25, -0.2) is 9.18 Å². The van der Waals surface area contributed by atoms with E-state index in [1.54, 1.807) is 25.2 Å². The number of cyclic esters (lactones) is 1. The van der Waals surface area contributed by atoms with Crippen molar-refractivity contribution in [1.29, 1.82) is 0 Å². The van der Waals surface area contributed by atoms with E-state index in [2.05, 4.69) is 10.5 Å². The topological polar surface area (TPSA) is 130 Å². The maximum absolute atomic E-state index is 12.9. The van der Waals surface area contributed by atoms with E-state index in [4.69, 9.17) is 25.9 Å². The SMILES string of the molecule is C[C@@H]1C[C@H]2O[C@@H]2/C=C\C=C\C(=NOCC(=O)NCCF)Cc2c(Cl)c(O)cc(O)c2C(=O)O1. The summed E-state index contributed by atoms with van der Waals surface area (Å²) in [4.78, 5) is 29.5. The van der Waals surface area contributed by atoms with Crippen LogP contribution >= 0.6 is 11.6 Å². The number of phenolic OH excluding ortho intramolecular Hbond substituents is 2. The standard InChI is InChI=1S/C22H24ClFN2O7/c1-12-8-18-17(33-18)5-3-2-4-13(26-31-11-19(29)25-7-6-24)9-14-20(22(30)32-12)15(27)10-16(28)21(14)23/h2-5,10,12,17-18,27-28H,6-9,11H2,1H3,(H,25,29)/b4-2+,5-3-,26-13?/t12-,17-,18-/m1/s1. The van der Waals surface area contributed by atoms with Crippen LogP contribution < -0.4 is 5.32 Å². The van der Waals surface area contributed by atoms with Crippen molar-refractivity contribution < 1.29 is 38.5 Å². The Morgan fingerprint density at radius 1 is 1.36 bits per heavy atom. The van der Waals surface area contributed by atoms with Gasteiger partial charge >= 0.3 is 5.97 Å². The fourth-order valence-electron chi connectivity index (χ4n) is 3.26. The Morgan fingerprint density at radius 3 is 2.91 bits per heavy atom. The molecule has 2 aliphatic heterocycles. The first-order valence-corrected chi connectivity index (χ1v) is 10.6. The fourth-order valence-corrected chi connectivity index (χ4v) is 3.48. The van der Waals surface area contributed by atoms with Gasteiger partial charge in [0.1, 0.15) is 35.9 Å². The normalized spacial score (nSPS) is 25.7. The van der Waals surface area contributed by atoms with E-state index in [-0.39, 0.29) is 47.0 Å². The van der Waals surface area contributed by atoms with Gasteiger partial charge in [-0.15, -0.1) is 0 Å². The maximum Gasteiger partial charge on any atom is 0.342 e. The van der Waals surface area contributed by atoms with Gasteiger partial charge in [-0.2, -0.15) is 0 Å². The first-order valence-electron chi connectivity index (χ1n) is 10.3. The van der Waals surface area contributed by atoms with Gasteiger partial charge in [0, 0.05) is 25.5 Å². The number of carbonyl (C=O) groups is 2. The molecule has 0 bridgehead atoms. The number of allylic oxidation sites excluding steroid dienone is 3. The number of aromatic hydroxyl groups is 2. The lowest BCUT2D eigenvalue weighted by Crippen LogP contribution is -2.28. The number of hydrogen-bond donors (Lipinski definition) is 3. The minimum Gasteiger partial charge on any atom is -0.507 e. The van der Waals surface area contributed by atoms with E-state index in [0.717, 1.165) is 6.07 Å². The molecule has 0 unspecified atom stereocenters. The molecule has 0 aliphatic carbocycles. The van der Waals surface area contributed by atoms with Gasteiger partial charge in [0.25, 0.3) is 5.91 Å². The van der Waals surface area contributed by atoms with Crippen LogP contribution in [0.5, 0.6) is 11.5 Å². The Balaban J connectivity index is 1.93. The molecule has 2 aliphatic rings. The number of benzene rings is 1.